The predicted molar refractivity (Wildman–Crippen MR) is 126 cm³/mol. The van der Waals surface area contributed by atoms with E-state index in [1.54, 1.807) is 7.11 Å². The molecule has 0 spiro atoms. The van der Waals surface area contributed by atoms with Crippen LogP contribution in [-0.2, 0) is 11.3 Å². The summed E-state index contributed by atoms with van der Waals surface area (Å²) in [5.41, 5.74) is 3.25. The molecule has 32 heavy (non-hydrogen) atoms. The number of methoxy groups -OCH3 is 1. The molecule has 2 aromatic rings. The van der Waals surface area contributed by atoms with Gasteiger partial charge in [-0.05, 0) is 81.4 Å². The van der Waals surface area contributed by atoms with Gasteiger partial charge >= 0.3 is 0 Å². The number of hydrogen-bond acceptors (Lipinski definition) is 4. The van der Waals surface area contributed by atoms with Crippen LogP contribution in [0.15, 0.2) is 42.5 Å². The molecule has 4 aliphatic rings. The first-order chi connectivity index (χ1) is 15.5. The maximum atomic E-state index is 12.5. The van der Waals surface area contributed by atoms with E-state index in [4.69, 9.17) is 9.47 Å². The molecule has 4 aliphatic carbocycles. The highest BCUT2D eigenvalue weighted by Crippen LogP contribution is 2.55. The normalized spacial score (nSPS) is 27.9. The van der Waals surface area contributed by atoms with E-state index in [2.05, 4.69) is 16.7 Å². The monoisotopic (exact) mass is 434 g/mol. The van der Waals surface area contributed by atoms with Crippen molar-refractivity contribution in [2.45, 2.75) is 57.5 Å². The van der Waals surface area contributed by atoms with Crippen LogP contribution in [0.25, 0.3) is 0 Å². The minimum absolute atomic E-state index is 0.0569. The molecule has 4 saturated carbocycles. The van der Waals surface area contributed by atoms with Crippen LogP contribution in [-0.4, -0.2) is 25.2 Å². The first-order valence-electron chi connectivity index (χ1n) is 11.9. The van der Waals surface area contributed by atoms with E-state index in [0.29, 0.717) is 11.5 Å². The Morgan fingerprint density at radius 1 is 1.00 bits per heavy atom. The zero-order valence-electron chi connectivity index (χ0n) is 19.2. The van der Waals surface area contributed by atoms with Gasteiger partial charge in [0.25, 0.3) is 5.91 Å². The van der Waals surface area contributed by atoms with Crippen LogP contribution in [0.3, 0.4) is 0 Å². The molecule has 0 radical (unpaired) electrons. The fourth-order valence-electron chi connectivity index (χ4n) is 6.61. The van der Waals surface area contributed by atoms with Crippen molar-refractivity contribution in [3.63, 3.8) is 0 Å². The second kappa shape index (κ2) is 8.78. The van der Waals surface area contributed by atoms with Crippen LogP contribution in [0.2, 0.25) is 0 Å². The molecule has 0 aliphatic heterocycles. The number of para-hydroxylation sites is 1. The van der Waals surface area contributed by atoms with E-state index in [1.807, 2.05) is 43.3 Å². The van der Waals surface area contributed by atoms with Gasteiger partial charge in [-0.15, -0.1) is 0 Å². The van der Waals surface area contributed by atoms with Gasteiger partial charge in [-0.25, -0.2) is 0 Å². The van der Waals surface area contributed by atoms with Crippen LogP contribution in [0, 0.1) is 24.7 Å². The molecule has 2 N–H and O–H groups in total. The average molecular weight is 435 g/mol. The molecular formula is C27H34N2O3. The molecule has 1 amide bonds. The Morgan fingerprint density at radius 3 is 2.28 bits per heavy atom. The number of hydrogen-bond donors (Lipinski definition) is 2. The van der Waals surface area contributed by atoms with Crippen LogP contribution in [0.1, 0.15) is 49.7 Å². The Labute approximate surface area is 190 Å². The van der Waals surface area contributed by atoms with Crippen molar-refractivity contribution >= 4 is 11.6 Å². The third kappa shape index (κ3) is 4.49. The lowest BCUT2D eigenvalue weighted by Crippen LogP contribution is -2.58. The van der Waals surface area contributed by atoms with E-state index in [9.17, 15) is 4.79 Å². The summed E-state index contributed by atoms with van der Waals surface area (Å²) in [7, 11) is 1.64. The Morgan fingerprint density at radius 2 is 1.66 bits per heavy atom. The summed E-state index contributed by atoms with van der Waals surface area (Å²) in [5.74, 6) is 3.85. The number of anilines is 1. The summed E-state index contributed by atoms with van der Waals surface area (Å²) in [6.07, 6.45) is 8.22. The molecule has 2 aromatic carbocycles. The maximum absolute atomic E-state index is 12.5. The number of benzene rings is 2. The molecule has 6 rings (SSSR count). The van der Waals surface area contributed by atoms with Crippen LogP contribution in [0.5, 0.6) is 11.5 Å². The summed E-state index contributed by atoms with van der Waals surface area (Å²) in [5, 5.41) is 6.83. The average Bonchev–Trinajstić information content (AvgIpc) is 2.77. The number of amides is 1. The third-order valence-corrected chi connectivity index (χ3v) is 7.66. The fourth-order valence-corrected chi connectivity index (χ4v) is 6.61. The van der Waals surface area contributed by atoms with Crippen molar-refractivity contribution in [1.29, 1.82) is 0 Å². The maximum Gasteiger partial charge on any atom is 0.262 e. The lowest BCUT2D eigenvalue weighted by molar-refractivity contribution is -0.118. The minimum Gasteiger partial charge on any atom is -0.493 e. The summed E-state index contributed by atoms with van der Waals surface area (Å²) in [4.78, 5) is 12.5. The number of carbonyl (C=O) groups is 1. The summed E-state index contributed by atoms with van der Waals surface area (Å²) < 4.78 is 11.6. The molecular weight excluding hydrogens is 400 g/mol. The largest absolute Gasteiger partial charge is 0.493 e. The van der Waals surface area contributed by atoms with Crippen molar-refractivity contribution in [3.05, 3.63) is 53.6 Å². The Hall–Kier alpha value is -2.53. The van der Waals surface area contributed by atoms with Crippen LogP contribution >= 0.6 is 0 Å². The van der Waals surface area contributed by atoms with Crippen molar-refractivity contribution in [3.8, 4) is 11.5 Å². The molecule has 4 fully saturated rings. The molecule has 0 aromatic heterocycles. The van der Waals surface area contributed by atoms with E-state index >= 15 is 0 Å². The standard InChI is InChI=1S/C27H34N2O3/c1-18-6-8-23(9-7-18)29-25(30)17-32-26-22(4-3-5-24(26)31-2)16-28-27-13-19-10-20(14-27)12-21(11-19)15-27/h3-9,19-21,28H,10-17H2,1-2H3,(H,29,30). The predicted octanol–water partition coefficient (Wildman–Crippen LogP) is 5.08. The van der Waals surface area contributed by atoms with Crippen molar-refractivity contribution in [2.24, 2.45) is 17.8 Å². The van der Waals surface area contributed by atoms with E-state index in [1.165, 1.54) is 38.5 Å². The highest BCUT2D eigenvalue weighted by Gasteiger charge is 2.50. The molecule has 0 atom stereocenters. The number of ether oxygens (including phenoxy) is 2. The van der Waals surface area contributed by atoms with Gasteiger partial charge in [-0.2, -0.15) is 0 Å². The second-order valence-corrected chi connectivity index (χ2v) is 10.2. The topological polar surface area (TPSA) is 59.6 Å². The fraction of sp³-hybridized carbons (Fsp3) is 0.519. The van der Waals surface area contributed by atoms with Crippen LogP contribution in [0.4, 0.5) is 5.69 Å². The van der Waals surface area contributed by atoms with Gasteiger partial charge in [-0.1, -0.05) is 29.8 Å². The van der Waals surface area contributed by atoms with Gasteiger partial charge in [0.2, 0.25) is 0 Å². The number of carbonyl (C=O) groups excluding carboxylic acids is 1. The van der Waals surface area contributed by atoms with Gasteiger partial charge in [0.05, 0.1) is 7.11 Å². The molecule has 170 valence electrons. The molecule has 0 heterocycles. The molecule has 4 bridgehead atoms. The lowest BCUT2D eigenvalue weighted by Gasteiger charge is -2.57. The van der Waals surface area contributed by atoms with Gasteiger partial charge in [-0.3, -0.25) is 4.79 Å². The van der Waals surface area contributed by atoms with Gasteiger partial charge in [0.1, 0.15) is 0 Å². The molecule has 0 unspecified atom stereocenters. The Balaban J connectivity index is 1.25. The van der Waals surface area contributed by atoms with E-state index < -0.39 is 0 Å². The summed E-state index contributed by atoms with van der Waals surface area (Å²) >= 11 is 0. The first kappa shape index (κ1) is 21.3. The van der Waals surface area contributed by atoms with Crippen LogP contribution < -0.4 is 20.1 Å². The smallest absolute Gasteiger partial charge is 0.262 e. The highest BCUT2D eigenvalue weighted by molar-refractivity contribution is 5.91. The van der Waals surface area contributed by atoms with Gasteiger partial charge in [0.15, 0.2) is 18.1 Å². The first-order valence-corrected chi connectivity index (χ1v) is 11.9. The van der Waals surface area contributed by atoms with E-state index in [0.717, 1.165) is 41.1 Å². The zero-order valence-corrected chi connectivity index (χ0v) is 19.2. The third-order valence-electron chi connectivity index (χ3n) is 7.66. The van der Waals surface area contributed by atoms with Crippen molar-refractivity contribution in [1.82, 2.24) is 5.32 Å². The molecule has 5 heteroatoms. The summed E-state index contributed by atoms with van der Waals surface area (Å²) in [6, 6.07) is 13.7. The SMILES string of the molecule is COc1cccc(CNC23CC4CC(CC(C4)C2)C3)c1OCC(=O)Nc1ccc(C)cc1. The second-order valence-electron chi connectivity index (χ2n) is 10.2. The minimum atomic E-state index is -0.181. The Kier molecular flexibility index (Phi) is 5.85. The summed E-state index contributed by atoms with van der Waals surface area (Å²) in [6.45, 7) is 2.70. The number of aryl methyl sites for hydroxylation is 1. The Bertz CT molecular complexity index is 934. The molecule has 5 nitrogen and oxygen atoms in total. The van der Waals surface area contributed by atoms with Gasteiger partial charge in [0, 0.05) is 23.3 Å². The van der Waals surface area contributed by atoms with Gasteiger partial charge < -0.3 is 20.1 Å². The van der Waals surface area contributed by atoms with Crippen molar-refractivity contribution < 1.29 is 14.3 Å². The number of rotatable bonds is 8. The van der Waals surface area contributed by atoms with Crippen molar-refractivity contribution in [2.75, 3.05) is 19.0 Å². The quantitative estimate of drug-likeness (QED) is 0.608. The van der Waals surface area contributed by atoms with E-state index in [-0.39, 0.29) is 18.1 Å². The zero-order chi connectivity index (χ0) is 22.1. The number of nitrogens with one attached hydrogen (secondary N) is 2. The molecule has 0 saturated heterocycles. The highest BCUT2D eigenvalue weighted by atomic mass is 16.5. The lowest BCUT2D eigenvalue weighted by atomic mass is 9.53.